The van der Waals surface area contributed by atoms with E-state index in [0.29, 0.717) is 11.1 Å². The first kappa shape index (κ1) is 30.7. The first-order valence-electron chi connectivity index (χ1n) is 18.3. The minimum Gasteiger partial charge on any atom is -0.309 e. The Hall–Kier alpha value is -7.86. The van der Waals surface area contributed by atoms with Gasteiger partial charge in [0, 0.05) is 49.3 Å². The molecule has 0 atom stereocenters. The Morgan fingerprint density at radius 2 is 0.782 bits per heavy atom. The van der Waals surface area contributed by atoms with Crippen LogP contribution in [-0.2, 0) is 0 Å². The van der Waals surface area contributed by atoms with Gasteiger partial charge in [-0.1, -0.05) is 91.0 Å². The number of fused-ring (bicyclic) bond motifs is 9. The molecule has 3 aromatic heterocycles. The average molecular weight is 700 g/mol. The number of nitriles is 2. The van der Waals surface area contributed by atoms with Gasteiger partial charge in [-0.3, -0.25) is 0 Å². The first-order chi connectivity index (χ1) is 27.2. The fourth-order valence-corrected chi connectivity index (χ4v) is 8.70. The number of aromatic nitrogens is 3. The van der Waals surface area contributed by atoms with Gasteiger partial charge >= 0.3 is 0 Å². The van der Waals surface area contributed by atoms with Crippen LogP contribution in [0.3, 0.4) is 0 Å². The normalized spacial score (nSPS) is 11.6. The average Bonchev–Trinajstić information content (AvgIpc) is 3.88. The number of hydrogen-bond acceptors (Lipinski definition) is 2. The molecular formula is C50H29N5. The molecule has 0 bridgehead atoms. The molecule has 11 rings (SSSR count). The number of para-hydroxylation sites is 4. The van der Waals surface area contributed by atoms with Crippen molar-refractivity contribution in [3.05, 3.63) is 187 Å². The lowest BCUT2D eigenvalue weighted by Crippen LogP contribution is -1.99. The van der Waals surface area contributed by atoms with E-state index in [9.17, 15) is 10.5 Å². The Morgan fingerprint density at radius 3 is 1.38 bits per heavy atom. The maximum Gasteiger partial charge on any atom is 0.0991 e. The van der Waals surface area contributed by atoms with Crippen molar-refractivity contribution in [1.82, 2.24) is 13.7 Å². The molecule has 0 unspecified atom stereocenters. The van der Waals surface area contributed by atoms with Crippen molar-refractivity contribution >= 4 is 65.4 Å². The summed E-state index contributed by atoms with van der Waals surface area (Å²) in [6, 6.07) is 66.0. The molecule has 0 saturated carbocycles. The second-order valence-electron chi connectivity index (χ2n) is 14.0. The fraction of sp³-hybridized carbons (Fsp3) is 0. The topological polar surface area (TPSA) is 62.4 Å². The van der Waals surface area contributed by atoms with Crippen molar-refractivity contribution < 1.29 is 0 Å². The molecule has 0 aliphatic heterocycles. The van der Waals surface area contributed by atoms with Crippen LogP contribution in [-0.4, -0.2) is 13.7 Å². The van der Waals surface area contributed by atoms with Gasteiger partial charge in [-0.15, -0.1) is 0 Å². The fourth-order valence-electron chi connectivity index (χ4n) is 8.70. The summed E-state index contributed by atoms with van der Waals surface area (Å²) in [5.41, 5.74) is 13.0. The monoisotopic (exact) mass is 699 g/mol. The van der Waals surface area contributed by atoms with Crippen LogP contribution < -0.4 is 0 Å². The third-order valence-electron chi connectivity index (χ3n) is 11.1. The summed E-state index contributed by atoms with van der Waals surface area (Å²) in [6.07, 6.45) is 0. The van der Waals surface area contributed by atoms with Crippen LogP contribution in [0, 0.1) is 22.7 Å². The van der Waals surface area contributed by atoms with Crippen molar-refractivity contribution in [3.8, 4) is 40.3 Å². The standard InChI is InChI=1S/C50H29N5/c51-30-32-17-25-48(55-47-16-8-4-12-40(47)43-28-33(31-52)18-26-49(43)55)42(27-32)34-19-21-35(22-20-34)53-44-13-5-3-11-39(44)41-24-23-36(29-50(41)53)54-45-14-6-1-9-37(45)38-10-2-7-15-46(38)54/h1-29H. The van der Waals surface area contributed by atoms with Crippen molar-refractivity contribution in [2.24, 2.45) is 0 Å². The van der Waals surface area contributed by atoms with E-state index in [4.69, 9.17) is 0 Å². The van der Waals surface area contributed by atoms with Gasteiger partial charge in [0.05, 0.1) is 62.1 Å². The molecule has 0 amide bonds. The highest BCUT2D eigenvalue weighted by atomic mass is 15.0. The second-order valence-corrected chi connectivity index (χ2v) is 14.0. The second kappa shape index (κ2) is 11.8. The van der Waals surface area contributed by atoms with Gasteiger partial charge in [0.1, 0.15) is 0 Å². The largest absolute Gasteiger partial charge is 0.309 e. The molecule has 0 radical (unpaired) electrons. The minimum absolute atomic E-state index is 0.593. The summed E-state index contributed by atoms with van der Waals surface area (Å²) < 4.78 is 6.98. The molecule has 0 aliphatic rings. The summed E-state index contributed by atoms with van der Waals surface area (Å²) in [5, 5.41) is 26.7. The predicted molar refractivity (Wildman–Crippen MR) is 224 cm³/mol. The van der Waals surface area contributed by atoms with Crippen molar-refractivity contribution in [1.29, 1.82) is 10.5 Å². The summed E-state index contributed by atoms with van der Waals surface area (Å²) in [4.78, 5) is 0. The molecular weight excluding hydrogens is 671 g/mol. The Labute approximate surface area is 316 Å². The Bertz CT molecular complexity index is 3400. The summed E-state index contributed by atoms with van der Waals surface area (Å²) in [6.45, 7) is 0. The Morgan fingerprint density at radius 1 is 0.327 bits per heavy atom. The predicted octanol–water partition coefficient (Wildman–Crippen LogP) is 12.4. The zero-order chi connectivity index (χ0) is 36.6. The summed E-state index contributed by atoms with van der Waals surface area (Å²) >= 11 is 0. The van der Waals surface area contributed by atoms with E-state index in [2.05, 4.69) is 153 Å². The van der Waals surface area contributed by atoms with Crippen LogP contribution in [0.4, 0.5) is 0 Å². The van der Waals surface area contributed by atoms with E-state index in [1.807, 2.05) is 48.5 Å². The van der Waals surface area contributed by atoms with E-state index in [-0.39, 0.29) is 0 Å². The highest BCUT2D eigenvalue weighted by Crippen LogP contribution is 2.39. The molecule has 8 aromatic carbocycles. The molecule has 254 valence electrons. The number of nitrogens with zero attached hydrogens (tertiary/aromatic N) is 5. The Balaban J connectivity index is 1.10. The van der Waals surface area contributed by atoms with E-state index >= 15 is 0 Å². The summed E-state index contributed by atoms with van der Waals surface area (Å²) in [7, 11) is 0. The molecule has 5 heteroatoms. The SMILES string of the molecule is N#Cc1ccc(-n2c3ccccc3c3cc(C#N)ccc32)c(-c2ccc(-n3c4ccccc4c4ccc(-n5c6ccccc6c6ccccc65)cc43)cc2)c1. The first-order valence-corrected chi connectivity index (χ1v) is 18.3. The third-order valence-corrected chi connectivity index (χ3v) is 11.1. The number of hydrogen-bond donors (Lipinski definition) is 0. The maximum atomic E-state index is 10.0. The van der Waals surface area contributed by atoms with Gasteiger partial charge in [0.25, 0.3) is 0 Å². The molecule has 0 saturated heterocycles. The van der Waals surface area contributed by atoms with Gasteiger partial charge in [0.15, 0.2) is 0 Å². The van der Waals surface area contributed by atoms with Crippen LogP contribution >= 0.6 is 0 Å². The van der Waals surface area contributed by atoms with E-state index in [1.54, 1.807) is 0 Å². The molecule has 0 spiro atoms. The lowest BCUT2D eigenvalue weighted by atomic mass is 10.00. The van der Waals surface area contributed by atoms with Gasteiger partial charge < -0.3 is 13.7 Å². The van der Waals surface area contributed by atoms with Crippen LogP contribution in [0.5, 0.6) is 0 Å². The lowest BCUT2D eigenvalue weighted by Gasteiger charge is -2.16. The summed E-state index contributed by atoms with van der Waals surface area (Å²) in [5.74, 6) is 0. The van der Waals surface area contributed by atoms with E-state index in [1.165, 1.54) is 32.6 Å². The van der Waals surface area contributed by atoms with Crippen molar-refractivity contribution in [2.45, 2.75) is 0 Å². The van der Waals surface area contributed by atoms with Gasteiger partial charge in [0.2, 0.25) is 0 Å². The van der Waals surface area contributed by atoms with Crippen LogP contribution in [0.2, 0.25) is 0 Å². The molecule has 5 nitrogen and oxygen atoms in total. The molecule has 11 aromatic rings. The third kappa shape index (κ3) is 4.51. The number of benzene rings is 8. The smallest absolute Gasteiger partial charge is 0.0991 e. The van der Waals surface area contributed by atoms with Crippen LogP contribution in [0.25, 0.3) is 93.6 Å². The van der Waals surface area contributed by atoms with Crippen molar-refractivity contribution in [2.75, 3.05) is 0 Å². The van der Waals surface area contributed by atoms with Crippen molar-refractivity contribution in [3.63, 3.8) is 0 Å². The maximum absolute atomic E-state index is 10.0. The molecule has 3 heterocycles. The van der Waals surface area contributed by atoms with Gasteiger partial charge in [-0.05, 0) is 90.5 Å². The van der Waals surface area contributed by atoms with E-state index in [0.717, 1.165) is 61.0 Å². The van der Waals surface area contributed by atoms with Gasteiger partial charge in [-0.2, -0.15) is 10.5 Å². The Kier molecular flexibility index (Phi) is 6.61. The quantitative estimate of drug-likeness (QED) is 0.184. The van der Waals surface area contributed by atoms with Crippen LogP contribution in [0.15, 0.2) is 176 Å². The lowest BCUT2D eigenvalue weighted by molar-refractivity contribution is 1.15. The highest BCUT2D eigenvalue weighted by Gasteiger charge is 2.19. The molecule has 0 aliphatic carbocycles. The zero-order valence-electron chi connectivity index (χ0n) is 29.5. The van der Waals surface area contributed by atoms with Crippen LogP contribution in [0.1, 0.15) is 11.1 Å². The number of rotatable bonds is 4. The molecule has 0 fully saturated rings. The van der Waals surface area contributed by atoms with E-state index < -0.39 is 0 Å². The zero-order valence-corrected chi connectivity index (χ0v) is 29.5. The molecule has 55 heavy (non-hydrogen) atoms. The van der Waals surface area contributed by atoms with Gasteiger partial charge in [-0.25, -0.2) is 0 Å². The molecule has 0 N–H and O–H groups in total. The minimum atomic E-state index is 0.593. The highest BCUT2D eigenvalue weighted by molar-refractivity contribution is 6.12.